The van der Waals surface area contributed by atoms with Crippen LogP contribution in [0.2, 0.25) is 5.02 Å². The Hall–Kier alpha value is -3.33. The van der Waals surface area contributed by atoms with Gasteiger partial charge in [0, 0.05) is 17.3 Å². The van der Waals surface area contributed by atoms with Crippen LogP contribution in [-0.2, 0) is 9.59 Å². The second-order valence-electron chi connectivity index (χ2n) is 4.99. The molecule has 2 aromatic rings. The molecule has 0 saturated carbocycles. The maximum atomic E-state index is 12.8. The van der Waals surface area contributed by atoms with Crippen LogP contribution < -0.4 is 10.7 Å². The maximum absolute atomic E-state index is 12.8. The average Bonchev–Trinajstić information content (AvgIpc) is 2.58. The number of carbonyl (C=O) groups excluding carboxylic acids is 2. The number of hydrogen-bond acceptors (Lipinski definition) is 5. The number of amides is 2. The molecule has 0 aromatic heterocycles. The lowest BCUT2D eigenvalue weighted by Gasteiger charge is -2.04. The summed E-state index contributed by atoms with van der Waals surface area (Å²) in [5, 5.41) is 16.8. The zero-order chi connectivity index (χ0) is 19.1. The van der Waals surface area contributed by atoms with Gasteiger partial charge in [-0.15, -0.1) is 0 Å². The molecular weight excluding hydrogens is 367 g/mol. The molecule has 0 aliphatic carbocycles. The zero-order valence-corrected chi connectivity index (χ0v) is 13.9. The lowest BCUT2D eigenvalue weighted by atomic mass is 10.2. The second-order valence-corrected chi connectivity index (χ2v) is 5.40. The molecule has 2 amide bonds. The molecule has 10 heteroatoms. The SMILES string of the molecule is O=C(CC(=O)Nc1ccc(F)cc1)NN=Cc1ccc(Cl)c([N+](=O)[O-])c1. The number of hydrogen-bond donors (Lipinski definition) is 2. The highest BCUT2D eigenvalue weighted by Gasteiger charge is 2.12. The smallest absolute Gasteiger partial charge is 0.288 e. The van der Waals surface area contributed by atoms with Crippen molar-refractivity contribution in [2.75, 3.05) is 5.32 Å². The normalized spacial score (nSPS) is 10.5. The van der Waals surface area contributed by atoms with Gasteiger partial charge in [0.2, 0.25) is 11.8 Å². The molecule has 0 saturated heterocycles. The summed E-state index contributed by atoms with van der Waals surface area (Å²) < 4.78 is 12.8. The van der Waals surface area contributed by atoms with Crippen LogP contribution in [0.5, 0.6) is 0 Å². The first kappa shape index (κ1) is 19.0. The molecule has 134 valence electrons. The second kappa shape index (κ2) is 8.67. The summed E-state index contributed by atoms with van der Waals surface area (Å²) in [6, 6.07) is 9.06. The van der Waals surface area contributed by atoms with Gasteiger partial charge in [-0.25, -0.2) is 9.82 Å². The number of nitro benzene ring substituents is 1. The Morgan fingerprint density at radius 3 is 2.54 bits per heavy atom. The first-order chi connectivity index (χ1) is 12.3. The van der Waals surface area contributed by atoms with Crippen molar-refractivity contribution in [2.45, 2.75) is 6.42 Å². The van der Waals surface area contributed by atoms with E-state index in [1.165, 1.54) is 48.7 Å². The van der Waals surface area contributed by atoms with E-state index >= 15 is 0 Å². The number of nitrogens with one attached hydrogen (secondary N) is 2. The van der Waals surface area contributed by atoms with Crippen molar-refractivity contribution < 1.29 is 18.9 Å². The van der Waals surface area contributed by atoms with Crippen molar-refractivity contribution >= 4 is 41.0 Å². The van der Waals surface area contributed by atoms with Crippen molar-refractivity contribution in [1.82, 2.24) is 5.43 Å². The van der Waals surface area contributed by atoms with Crippen LogP contribution >= 0.6 is 11.6 Å². The summed E-state index contributed by atoms with van der Waals surface area (Å²) in [4.78, 5) is 33.5. The third-order valence-electron chi connectivity index (χ3n) is 3.02. The van der Waals surface area contributed by atoms with E-state index < -0.39 is 29.0 Å². The van der Waals surface area contributed by atoms with Gasteiger partial charge in [0.1, 0.15) is 17.3 Å². The number of nitrogens with zero attached hydrogens (tertiary/aromatic N) is 2. The highest BCUT2D eigenvalue weighted by molar-refractivity contribution is 6.32. The summed E-state index contributed by atoms with van der Waals surface area (Å²) in [6.45, 7) is 0. The molecule has 2 aromatic carbocycles. The first-order valence-corrected chi connectivity index (χ1v) is 7.54. The Kier molecular flexibility index (Phi) is 6.34. The van der Waals surface area contributed by atoms with Gasteiger partial charge in [-0.1, -0.05) is 17.7 Å². The van der Waals surface area contributed by atoms with Gasteiger partial charge in [-0.2, -0.15) is 5.10 Å². The largest absolute Gasteiger partial charge is 0.326 e. The van der Waals surface area contributed by atoms with Gasteiger partial charge in [0.25, 0.3) is 5.69 Å². The third kappa shape index (κ3) is 5.64. The lowest BCUT2D eigenvalue weighted by molar-refractivity contribution is -0.384. The summed E-state index contributed by atoms with van der Waals surface area (Å²) in [7, 11) is 0. The summed E-state index contributed by atoms with van der Waals surface area (Å²) in [6.07, 6.45) is 0.675. The molecule has 0 radical (unpaired) electrons. The molecule has 2 N–H and O–H groups in total. The Morgan fingerprint density at radius 1 is 1.19 bits per heavy atom. The van der Waals surface area contributed by atoms with E-state index in [0.717, 1.165) is 0 Å². The number of hydrazone groups is 1. The van der Waals surface area contributed by atoms with Crippen molar-refractivity contribution in [2.24, 2.45) is 5.10 Å². The number of rotatable bonds is 6. The Balaban J connectivity index is 1.87. The minimum atomic E-state index is -0.690. The summed E-state index contributed by atoms with van der Waals surface area (Å²) in [5.41, 5.74) is 2.53. The number of halogens is 2. The average molecular weight is 379 g/mol. The molecule has 0 aliphatic rings. The Labute approximate surface area is 151 Å². The van der Waals surface area contributed by atoms with Gasteiger partial charge in [-0.3, -0.25) is 19.7 Å². The van der Waals surface area contributed by atoms with Crippen LogP contribution in [0, 0.1) is 15.9 Å². The topological polar surface area (TPSA) is 114 Å². The minimum Gasteiger partial charge on any atom is -0.326 e. The van der Waals surface area contributed by atoms with Gasteiger partial charge >= 0.3 is 0 Å². The van der Waals surface area contributed by atoms with Gasteiger partial charge in [0.05, 0.1) is 11.1 Å². The van der Waals surface area contributed by atoms with Crippen molar-refractivity contribution in [1.29, 1.82) is 0 Å². The monoisotopic (exact) mass is 378 g/mol. The van der Waals surface area contributed by atoms with Gasteiger partial charge in [0.15, 0.2) is 0 Å². The van der Waals surface area contributed by atoms with E-state index in [4.69, 9.17) is 11.6 Å². The third-order valence-corrected chi connectivity index (χ3v) is 3.34. The quantitative estimate of drug-likeness (QED) is 0.348. The fourth-order valence-electron chi connectivity index (χ4n) is 1.85. The van der Waals surface area contributed by atoms with E-state index in [1.807, 2.05) is 0 Å². The van der Waals surface area contributed by atoms with E-state index in [2.05, 4.69) is 15.8 Å². The van der Waals surface area contributed by atoms with Crippen LogP contribution in [0.4, 0.5) is 15.8 Å². The van der Waals surface area contributed by atoms with E-state index in [9.17, 15) is 24.1 Å². The van der Waals surface area contributed by atoms with Gasteiger partial charge < -0.3 is 5.32 Å². The first-order valence-electron chi connectivity index (χ1n) is 7.16. The molecule has 0 spiro atoms. The molecular formula is C16H12ClFN4O4. The van der Waals surface area contributed by atoms with Crippen molar-refractivity contribution in [3.05, 3.63) is 69.0 Å². The number of carbonyl (C=O) groups is 2. The predicted octanol–water partition coefficient (Wildman–Crippen LogP) is 2.87. The number of benzene rings is 2. The number of anilines is 1. The molecule has 0 atom stereocenters. The molecule has 2 rings (SSSR count). The van der Waals surface area contributed by atoms with Crippen LogP contribution in [0.3, 0.4) is 0 Å². The lowest BCUT2D eigenvalue weighted by Crippen LogP contribution is -2.24. The highest BCUT2D eigenvalue weighted by Crippen LogP contribution is 2.24. The van der Waals surface area contributed by atoms with Gasteiger partial charge in [-0.05, 0) is 30.3 Å². The fourth-order valence-corrected chi connectivity index (χ4v) is 2.04. The van der Waals surface area contributed by atoms with Crippen LogP contribution in [-0.4, -0.2) is 23.0 Å². The molecule has 26 heavy (non-hydrogen) atoms. The van der Waals surface area contributed by atoms with Crippen LogP contribution in [0.25, 0.3) is 0 Å². The van der Waals surface area contributed by atoms with E-state index in [1.54, 1.807) is 0 Å². The van der Waals surface area contributed by atoms with Crippen LogP contribution in [0.15, 0.2) is 47.6 Å². The number of nitro groups is 1. The van der Waals surface area contributed by atoms with E-state index in [-0.39, 0.29) is 10.7 Å². The molecule has 8 nitrogen and oxygen atoms in total. The molecule has 0 aliphatic heterocycles. The highest BCUT2D eigenvalue weighted by atomic mass is 35.5. The molecule has 0 bridgehead atoms. The molecule has 0 fully saturated rings. The fraction of sp³-hybridized carbons (Fsp3) is 0.0625. The standard InChI is InChI=1S/C16H12ClFN4O4/c17-13-6-1-10(7-14(13)22(25)26)9-19-21-16(24)8-15(23)20-12-4-2-11(18)3-5-12/h1-7,9H,8H2,(H,20,23)(H,21,24). The Bertz CT molecular complexity index is 871. The van der Waals surface area contributed by atoms with Crippen molar-refractivity contribution in [3.63, 3.8) is 0 Å². The van der Waals surface area contributed by atoms with Crippen molar-refractivity contribution in [3.8, 4) is 0 Å². The summed E-state index contributed by atoms with van der Waals surface area (Å²) >= 11 is 5.69. The zero-order valence-electron chi connectivity index (χ0n) is 13.1. The predicted molar refractivity (Wildman–Crippen MR) is 93.5 cm³/mol. The minimum absolute atomic E-state index is 0.0198. The molecule has 0 heterocycles. The Morgan fingerprint density at radius 2 is 1.88 bits per heavy atom. The molecule has 0 unspecified atom stereocenters. The maximum Gasteiger partial charge on any atom is 0.288 e. The van der Waals surface area contributed by atoms with Crippen LogP contribution in [0.1, 0.15) is 12.0 Å². The van der Waals surface area contributed by atoms with E-state index in [0.29, 0.717) is 11.3 Å². The summed E-state index contributed by atoms with van der Waals surface area (Å²) in [5.74, 6) is -1.74.